The normalized spacial score (nSPS) is 12.0. The van der Waals surface area contributed by atoms with Crippen LogP contribution in [0.25, 0.3) is 0 Å². The lowest BCUT2D eigenvalue weighted by Gasteiger charge is -2.20. The first-order chi connectivity index (χ1) is 10.2. The number of hydrogen-bond acceptors (Lipinski definition) is 3. The third-order valence-corrected chi connectivity index (χ3v) is 4.75. The number of carbonyl (C=O) groups excluding carboxylic acids is 1. The van der Waals surface area contributed by atoms with E-state index in [4.69, 9.17) is 0 Å². The minimum atomic E-state index is -3.55. The van der Waals surface area contributed by atoms with Crippen molar-refractivity contribution in [3.8, 4) is 0 Å². The molecule has 4 nitrogen and oxygen atoms in total. The summed E-state index contributed by atoms with van der Waals surface area (Å²) in [5.41, 5.74) is 0.0909. The van der Waals surface area contributed by atoms with Crippen molar-refractivity contribution < 1.29 is 13.2 Å². The van der Waals surface area contributed by atoms with Crippen LogP contribution in [0, 0.1) is 0 Å². The van der Waals surface area contributed by atoms with E-state index in [0.717, 1.165) is 0 Å². The second kappa shape index (κ2) is 5.93. The summed E-state index contributed by atoms with van der Waals surface area (Å²) in [5, 5.41) is 2.84. The van der Waals surface area contributed by atoms with E-state index in [-0.39, 0.29) is 21.2 Å². The van der Waals surface area contributed by atoms with Crippen LogP contribution in [-0.4, -0.2) is 19.9 Å². The van der Waals surface area contributed by atoms with Crippen molar-refractivity contribution in [3.63, 3.8) is 0 Å². The number of benzene rings is 2. The SMILES string of the molecule is CC(C)(C)NC(=O)c1ccc(S(=O)(=O)c2ccccc2)cc1. The van der Waals surface area contributed by atoms with E-state index in [1.807, 2.05) is 20.8 Å². The van der Waals surface area contributed by atoms with Crippen LogP contribution in [-0.2, 0) is 9.84 Å². The van der Waals surface area contributed by atoms with Crippen molar-refractivity contribution in [2.75, 3.05) is 0 Å². The average molecular weight is 317 g/mol. The Morgan fingerprint density at radius 1 is 0.864 bits per heavy atom. The number of amides is 1. The van der Waals surface area contributed by atoms with Crippen LogP contribution < -0.4 is 5.32 Å². The van der Waals surface area contributed by atoms with Gasteiger partial charge in [-0.25, -0.2) is 8.42 Å². The quantitative estimate of drug-likeness (QED) is 0.946. The maximum Gasteiger partial charge on any atom is 0.251 e. The van der Waals surface area contributed by atoms with E-state index >= 15 is 0 Å². The summed E-state index contributed by atoms with van der Waals surface area (Å²) in [6.07, 6.45) is 0. The minimum absolute atomic E-state index is 0.172. The number of sulfone groups is 1. The zero-order valence-electron chi connectivity index (χ0n) is 12.8. The Balaban J connectivity index is 2.28. The van der Waals surface area contributed by atoms with Gasteiger partial charge in [-0.1, -0.05) is 18.2 Å². The topological polar surface area (TPSA) is 63.2 Å². The molecule has 2 rings (SSSR count). The zero-order chi connectivity index (χ0) is 16.4. The summed E-state index contributed by atoms with van der Waals surface area (Å²) in [6, 6.07) is 14.2. The lowest BCUT2D eigenvalue weighted by Crippen LogP contribution is -2.40. The van der Waals surface area contributed by atoms with Gasteiger partial charge in [0.1, 0.15) is 0 Å². The molecule has 0 atom stereocenters. The second-order valence-electron chi connectivity index (χ2n) is 6.04. The highest BCUT2D eigenvalue weighted by atomic mass is 32.2. The van der Waals surface area contributed by atoms with Crippen LogP contribution in [0.3, 0.4) is 0 Å². The summed E-state index contributed by atoms with van der Waals surface area (Å²) in [6.45, 7) is 5.66. The van der Waals surface area contributed by atoms with E-state index in [2.05, 4.69) is 5.32 Å². The fourth-order valence-electron chi connectivity index (χ4n) is 1.93. The maximum atomic E-state index is 12.4. The Kier molecular flexibility index (Phi) is 4.37. The summed E-state index contributed by atoms with van der Waals surface area (Å²) in [7, 11) is -3.55. The molecule has 0 aromatic heterocycles. The Morgan fingerprint density at radius 2 is 1.36 bits per heavy atom. The van der Waals surface area contributed by atoms with Crippen molar-refractivity contribution in [1.82, 2.24) is 5.32 Å². The molecular weight excluding hydrogens is 298 g/mol. The van der Waals surface area contributed by atoms with Crippen molar-refractivity contribution in [2.45, 2.75) is 36.1 Å². The van der Waals surface area contributed by atoms with Gasteiger partial charge in [-0.3, -0.25) is 4.79 Å². The Hall–Kier alpha value is -2.14. The minimum Gasteiger partial charge on any atom is -0.347 e. The first-order valence-corrected chi connectivity index (χ1v) is 8.41. The highest BCUT2D eigenvalue weighted by Crippen LogP contribution is 2.20. The largest absolute Gasteiger partial charge is 0.347 e. The Morgan fingerprint density at radius 3 is 1.86 bits per heavy atom. The van der Waals surface area contributed by atoms with Crippen LogP contribution in [0.5, 0.6) is 0 Å². The molecule has 0 saturated carbocycles. The average Bonchev–Trinajstić information content (AvgIpc) is 2.46. The first-order valence-electron chi connectivity index (χ1n) is 6.93. The smallest absolute Gasteiger partial charge is 0.251 e. The molecule has 0 bridgehead atoms. The van der Waals surface area contributed by atoms with Gasteiger partial charge in [-0.15, -0.1) is 0 Å². The van der Waals surface area contributed by atoms with Gasteiger partial charge in [-0.05, 0) is 57.2 Å². The molecule has 0 unspecified atom stereocenters. The molecule has 0 fully saturated rings. The van der Waals surface area contributed by atoms with Gasteiger partial charge in [0.15, 0.2) is 0 Å². The lowest BCUT2D eigenvalue weighted by atomic mass is 10.1. The summed E-state index contributed by atoms with van der Waals surface area (Å²) in [4.78, 5) is 12.4. The highest BCUT2D eigenvalue weighted by molar-refractivity contribution is 7.91. The molecule has 22 heavy (non-hydrogen) atoms. The third kappa shape index (κ3) is 3.74. The number of hydrogen-bond donors (Lipinski definition) is 1. The number of rotatable bonds is 3. The van der Waals surface area contributed by atoms with Crippen molar-refractivity contribution in [3.05, 3.63) is 60.2 Å². The van der Waals surface area contributed by atoms with E-state index < -0.39 is 9.84 Å². The van der Waals surface area contributed by atoms with Crippen LogP contribution in [0.1, 0.15) is 31.1 Å². The molecular formula is C17H19NO3S. The van der Waals surface area contributed by atoms with Gasteiger partial charge in [0.2, 0.25) is 9.84 Å². The molecule has 2 aromatic rings. The molecule has 0 saturated heterocycles. The van der Waals surface area contributed by atoms with Gasteiger partial charge in [0.05, 0.1) is 9.79 Å². The predicted octanol–water partition coefficient (Wildman–Crippen LogP) is 3.05. The van der Waals surface area contributed by atoms with Crippen LogP contribution >= 0.6 is 0 Å². The van der Waals surface area contributed by atoms with Gasteiger partial charge >= 0.3 is 0 Å². The lowest BCUT2D eigenvalue weighted by molar-refractivity contribution is 0.0919. The fraction of sp³-hybridized carbons (Fsp3) is 0.235. The molecule has 0 aliphatic heterocycles. The van der Waals surface area contributed by atoms with E-state index in [1.54, 1.807) is 30.3 Å². The van der Waals surface area contributed by atoms with E-state index in [9.17, 15) is 13.2 Å². The standard InChI is InChI=1S/C17H19NO3S/c1-17(2,3)18-16(19)13-9-11-15(12-10-13)22(20,21)14-7-5-4-6-8-14/h4-12H,1-3H3,(H,18,19). The number of carbonyl (C=O) groups is 1. The molecule has 1 amide bonds. The van der Waals surface area contributed by atoms with Gasteiger partial charge < -0.3 is 5.32 Å². The van der Waals surface area contributed by atoms with Crippen LogP contribution in [0.2, 0.25) is 0 Å². The summed E-state index contributed by atoms with van der Waals surface area (Å²) >= 11 is 0. The molecule has 2 aromatic carbocycles. The molecule has 5 heteroatoms. The van der Waals surface area contributed by atoms with Crippen LogP contribution in [0.4, 0.5) is 0 Å². The van der Waals surface area contributed by atoms with E-state index in [0.29, 0.717) is 5.56 Å². The molecule has 0 aliphatic rings. The highest BCUT2D eigenvalue weighted by Gasteiger charge is 2.19. The molecule has 0 spiro atoms. The van der Waals surface area contributed by atoms with Crippen LogP contribution in [0.15, 0.2) is 64.4 Å². The molecule has 116 valence electrons. The molecule has 1 N–H and O–H groups in total. The Bertz CT molecular complexity index is 758. The third-order valence-electron chi connectivity index (χ3n) is 2.97. The monoisotopic (exact) mass is 317 g/mol. The van der Waals surface area contributed by atoms with Gasteiger partial charge in [0.25, 0.3) is 5.91 Å². The molecule has 0 radical (unpaired) electrons. The second-order valence-corrected chi connectivity index (χ2v) is 7.99. The Labute approximate surface area is 131 Å². The fourth-order valence-corrected chi connectivity index (χ4v) is 3.22. The van der Waals surface area contributed by atoms with Crippen molar-refractivity contribution in [2.24, 2.45) is 0 Å². The summed E-state index contributed by atoms with van der Waals surface area (Å²) < 4.78 is 24.9. The number of nitrogens with one attached hydrogen (secondary N) is 1. The zero-order valence-corrected chi connectivity index (χ0v) is 13.6. The predicted molar refractivity (Wildman–Crippen MR) is 85.6 cm³/mol. The summed E-state index contributed by atoms with van der Waals surface area (Å²) in [5.74, 6) is -0.226. The van der Waals surface area contributed by atoms with Crippen molar-refractivity contribution >= 4 is 15.7 Å². The maximum absolute atomic E-state index is 12.4. The van der Waals surface area contributed by atoms with Gasteiger partial charge in [0, 0.05) is 11.1 Å². The first kappa shape index (κ1) is 16.2. The molecule has 0 aliphatic carbocycles. The van der Waals surface area contributed by atoms with Gasteiger partial charge in [-0.2, -0.15) is 0 Å². The molecule has 0 heterocycles. The van der Waals surface area contributed by atoms with Crippen molar-refractivity contribution in [1.29, 1.82) is 0 Å². The van der Waals surface area contributed by atoms with E-state index in [1.165, 1.54) is 24.3 Å².